The SMILES string of the molecule is CC(C)c1cc2c(Cl)nc(NC3CCCCCC3)nc2s1. The number of thiophene rings is 1. The van der Waals surface area contributed by atoms with Crippen LogP contribution in [0.5, 0.6) is 0 Å². The van der Waals surface area contributed by atoms with Gasteiger partial charge in [-0.3, -0.25) is 0 Å². The summed E-state index contributed by atoms with van der Waals surface area (Å²) >= 11 is 8.07. The van der Waals surface area contributed by atoms with Crippen LogP contribution >= 0.6 is 22.9 Å². The van der Waals surface area contributed by atoms with Gasteiger partial charge in [0.15, 0.2) is 0 Å². The third-order valence-corrected chi connectivity index (χ3v) is 5.74. The van der Waals surface area contributed by atoms with E-state index in [2.05, 4.69) is 35.2 Å². The minimum atomic E-state index is 0.491. The van der Waals surface area contributed by atoms with Crippen LogP contribution in [0.3, 0.4) is 0 Å². The molecule has 1 saturated carbocycles. The van der Waals surface area contributed by atoms with E-state index >= 15 is 0 Å². The topological polar surface area (TPSA) is 37.8 Å². The van der Waals surface area contributed by atoms with E-state index in [0.29, 0.717) is 23.1 Å². The lowest BCUT2D eigenvalue weighted by Gasteiger charge is -2.16. The highest BCUT2D eigenvalue weighted by molar-refractivity contribution is 7.18. The van der Waals surface area contributed by atoms with Crippen molar-refractivity contribution in [2.24, 2.45) is 0 Å². The van der Waals surface area contributed by atoms with E-state index in [-0.39, 0.29) is 0 Å². The molecule has 2 aromatic rings. The smallest absolute Gasteiger partial charge is 0.225 e. The molecular formula is C16H22ClN3S. The first-order valence-corrected chi connectivity index (χ1v) is 9.06. The number of rotatable bonds is 3. The van der Waals surface area contributed by atoms with Gasteiger partial charge in [0.2, 0.25) is 5.95 Å². The Hall–Kier alpha value is -0.870. The van der Waals surface area contributed by atoms with Gasteiger partial charge >= 0.3 is 0 Å². The standard InChI is InChI=1S/C16H22ClN3S/c1-10(2)13-9-12-14(17)19-16(20-15(12)21-13)18-11-7-5-3-4-6-8-11/h9-11H,3-8H2,1-2H3,(H,18,19,20). The van der Waals surface area contributed by atoms with Gasteiger partial charge in [-0.1, -0.05) is 51.1 Å². The monoisotopic (exact) mass is 323 g/mol. The van der Waals surface area contributed by atoms with E-state index in [0.717, 1.165) is 10.2 Å². The van der Waals surface area contributed by atoms with Crippen LogP contribution in [0.2, 0.25) is 5.15 Å². The fourth-order valence-corrected chi connectivity index (χ4v) is 4.17. The van der Waals surface area contributed by atoms with Gasteiger partial charge in [-0.05, 0) is 24.8 Å². The van der Waals surface area contributed by atoms with Crippen LogP contribution in [0.15, 0.2) is 6.07 Å². The Balaban J connectivity index is 1.85. The number of hydrogen-bond donors (Lipinski definition) is 1. The Kier molecular flexibility index (Phi) is 4.65. The normalized spacial score (nSPS) is 17.3. The summed E-state index contributed by atoms with van der Waals surface area (Å²) in [6.45, 7) is 4.38. The number of anilines is 1. The molecule has 2 aromatic heterocycles. The van der Waals surface area contributed by atoms with Crippen LogP contribution in [0.4, 0.5) is 5.95 Å². The van der Waals surface area contributed by atoms with E-state index in [4.69, 9.17) is 11.6 Å². The first-order valence-electron chi connectivity index (χ1n) is 7.87. The Morgan fingerprint density at radius 3 is 2.57 bits per heavy atom. The molecule has 0 bridgehead atoms. The van der Waals surface area contributed by atoms with E-state index in [1.54, 1.807) is 11.3 Å². The molecule has 0 atom stereocenters. The summed E-state index contributed by atoms with van der Waals surface area (Å²) in [5.41, 5.74) is 0. The molecule has 0 aliphatic heterocycles. The van der Waals surface area contributed by atoms with Crippen molar-refractivity contribution >= 4 is 39.1 Å². The van der Waals surface area contributed by atoms with Crippen molar-refractivity contribution in [3.8, 4) is 0 Å². The summed E-state index contributed by atoms with van der Waals surface area (Å²) in [5.74, 6) is 1.19. The van der Waals surface area contributed by atoms with Crippen molar-refractivity contribution in [2.45, 2.75) is 64.3 Å². The Bertz CT molecular complexity index is 615. The molecule has 0 unspecified atom stereocenters. The molecule has 5 heteroatoms. The number of aromatic nitrogens is 2. The van der Waals surface area contributed by atoms with E-state index in [1.807, 2.05) is 0 Å². The Morgan fingerprint density at radius 1 is 1.19 bits per heavy atom. The average molecular weight is 324 g/mol. The summed E-state index contributed by atoms with van der Waals surface area (Å²) in [6.07, 6.45) is 7.71. The predicted octanol–water partition coefficient (Wildman–Crippen LogP) is 5.60. The highest BCUT2D eigenvalue weighted by Crippen LogP contribution is 2.33. The van der Waals surface area contributed by atoms with Gasteiger partial charge in [0, 0.05) is 16.3 Å². The van der Waals surface area contributed by atoms with Crippen LogP contribution < -0.4 is 5.32 Å². The lowest BCUT2D eigenvalue weighted by atomic mass is 10.1. The first-order chi connectivity index (χ1) is 10.1. The van der Waals surface area contributed by atoms with Gasteiger partial charge in [-0.2, -0.15) is 0 Å². The second-order valence-corrected chi connectivity index (χ2v) is 7.61. The Labute approximate surface area is 135 Å². The summed E-state index contributed by atoms with van der Waals surface area (Å²) in [5, 5.41) is 5.04. The van der Waals surface area contributed by atoms with Crippen LogP contribution in [0.25, 0.3) is 10.2 Å². The third kappa shape index (κ3) is 3.49. The quantitative estimate of drug-likeness (QED) is 0.590. The molecule has 1 N–H and O–H groups in total. The average Bonchev–Trinajstić information content (AvgIpc) is 2.71. The maximum absolute atomic E-state index is 6.35. The molecule has 1 aliphatic rings. The zero-order valence-corrected chi connectivity index (χ0v) is 14.2. The van der Waals surface area contributed by atoms with Gasteiger partial charge < -0.3 is 5.32 Å². The fraction of sp³-hybridized carbons (Fsp3) is 0.625. The van der Waals surface area contributed by atoms with Crippen LogP contribution in [-0.2, 0) is 0 Å². The highest BCUT2D eigenvalue weighted by Gasteiger charge is 2.16. The first kappa shape index (κ1) is 15.0. The van der Waals surface area contributed by atoms with Crippen molar-refractivity contribution in [1.29, 1.82) is 0 Å². The van der Waals surface area contributed by atoms with Gasteiger partial charge in [0.05, 0.1) is 0 Å². The van der Waals surface area contributed by atoms with Gasteiger partial charge in [-0.25, -0.2) is 9.97 Å². The molecule has 0 aromatic carbocycles. The number of halogens is 1. The highest BCUT2D eigenvalue weighted by atomic mass is 35.5. The minimum Gasteiger partial charge on any atom is -0.351 e. The lowest BCUT2D eigenvalue weighted by Crippen LogP contribution is -2.19. The van der Waals surface area contributed by atoms with E-state index in [9.17, 15) is 0 Å². The van der Waals surface area contributed by atoms with Crippen LogP contribution in [-0.4, -0.2) is 16.0 Å². The van der Waals surface area contributed by atoms with Crippen LogP contribution in [0, 0.1) is 0 Å². The largest absolute Gasteiger partial charge is 0.351 e. The minimum absolute atomic E-state index is 0.491. The second kappa shape index (κ2) is 6.49. The predicted molar refractivity (Wildman–Crippen MR) is 91.6 cm³/mol. The molecule has 21 heavy (non-hydrogen) atoms. The Morgan fingerprint density at radius 2 is 1.90 bits per heavy atom. The zero-order valence-electron chi connectivity index (χ0n) is 12.7. The molecule has 0 amide bonds. The van der Waals surface area contributed by atoms with Gasteiger partial charge in [0.1, 0.15) is 9.98 Å². The molecule has 0 saturated heterocycles. The lowest BCUT2D eigenvalue weighted by molar-refractivity contribution is 0.615. The van der Waals surface area contributed by atoms with Crippen molar-refractivity contribution in [3.05, 3.63) is 16.1 Å². The molecule has 0 radical (unpaired) electrons. The number of hydrogen-bond acceptors (Lipinski definition) is 4. The molecule has 1 aliphatic carbocycles. The number of fused-ring (bicyclic) bond motifs is 1. The van der Waals surface area contributed by atoms with Crippen molar-refractivity contribution < 1.29 is 0 Å². The maximum Gasteiger partial charge on any atom is 0.225 e. The number of nitrogens with one attached hydrogen (secondary N) is 1. The molecular weight excluding hydrogens is 302 g/mol. The number of nitrogens with zero attached hydrogens (tertiary/aromatic N) is 2. The van der Waals surface area contributed by atoms with Gasteiger partial charge in [0.25, 0.3) is 0 Å². The third-order valence-electron chi connectivity index (χ3n) is 4.12. The summed E-state index contributed by atoms with van der Waals surface area (Å²) < 4.78 is 0. The van der Waals surface area contributed by atoms with Crippen molar-refractivity contribution in [2.75, 3.05) is 5.32 Å². The van der Waals surface area contributed by atoms with Crippen LogP contribution in [0.1, 0.15) is 63.2 Å². The molecule has 2 heterocycles. The van der Waals surface area contributed by atoms with E-state index in [1.165, 1.54) is 43.4 Å². The summed E-state index contributed by atoms with van der Waals surface area (Å²) in [4.78, 5) is 11.4. The summed E-state index contributed by atoms with van der Waals surface area (Å²) in [6, 6.07) is 2.62. The molecule has 0 spiro atoms. The molecule has 3 nitrogen and oxygen atoms in total. The second-order valence-electron chi connectivity index (χ2n) is 6.19. The maximum atomic E-state index is 6.35. The van der Waals surface area contributed by atoms with Crippen molar-refractivity contribution in [3.63, 3.8) is 0 Å². The molecule has 3 rings (SSSR count). The summed E-state index contributed by atoms with van der Waals surface area (Å²) in [7, 11) is 0. The van der Waals surface area contributed by atoms with Gasteiger partial charge in [-0.15, -0.1) is 11.3 Å². The molecule has 114 valence electrons. The fourth-order valence-electron chi connectivity index (χ4n) is 2.86. The molecule has 1 fully saturated rings. The van der Waals surface area contributed by atoms with E-state index < -0.39 is 0 Å². The van der Waals surface area contributed by atoms with Crippen molar-refractivity contribution in [1.82, 2.24) is 9.97 Å². The zero-order chi connectivity index (χ0) is 14.8.